The second kappa shape index (κ2) is 10.4. The average Bonchev–Trinajstić information content (AvgIpc) is 3.20. The van der Waals surface area contributed by atoms with E-state index in [1.54, 1.807) is 32.2 Å². The molecular weight excluding hydrogens is 496 g/mol. The van der Waals surface area contributed by atoms with Gasteiger partial charge in [-0.05, 0) is 32.3 Å². The van der Waals surface area contributed by atoms with E-state index in [1.165, 1.54) is 11.8 Å². The van der Waals surface area contributed by atoms with E-state index in [0.717, 1.165) is 16.2 Å². The Labute approximate surface area is 210 Å². The molecule has 3 amide bonds. The molecule has 1 fully saturated rings. The fraction of sp³-hybridized carbons (Fsp3) is 0.500. The first-order chi connectivity index (χ1) is 16.3. The third-order valence-electron chi connectivity index (χ3n) is 4.86. The number of carbonyl (C=O) groups excluding carboxylic acids is 3. The molecule has 1 aromatic rings. The number of hydrogen-bond donors (Lipinski definition) is 4. The van der Waals surface area contributed by atoms with Crippen molar-refractivity contribution in [3.05, 3.63) is 28.4 Å². The highest BCUT2D eigenvalue weighted by molar-refractivity contribution is 8.00. The van der Waals surface area contributed by atoms with E-state index in [9.17, 15) is 29.4 Å². The van der Waals surface area contributed by atoms with E-state index in [2.05, 4.69) is 15.6 Å². The number of thioether (sulfide) groups is 1. The van der Waals surface area contributed by atoms with Crippen LogP contribution in [-0.4, -0.2) is 73.4 Å². The van der Waals surface area contributed by atoms with Gasteiger partial charge in [0.2, 0.25) is 0 Å². The standard InChI is InChI=1S/C22H28N4O7S2/c1-10(2)6-12(13-9-35-20(23-13)25-21(32)33-22(3,4)5)16(28)24-14-17(29)26-15(19(30)31)11(7-27)8-34-18(14)26/h6,9-10,14,18,27H,7-8H2,1-5H3,(H,24,28)(H,30,31)(H,23,25,32)/t14-,18+/m1/s1. The predicted molar refractivity (Wildman–Crippen MR) is 132 cm³/mol. The second-order valence-corrected chi connectivity index (χ2v) is 11.2. The third kappa shape index (κ3) is 6.03. The molecule has 3 rings (SSSR count). The molecule has 2 aliphatic rings. The van der Waals surface area contributed by atoms with Gasteiger partial charge in [0.05, 0.1) is 17.9 Å². The number of carboxylic acids is 1. The largest absolute Gasteiger partial charge is 0.477 e. The van der Waals surface area contributed by atoms with Crippen LogP contribution in [0.2, 0.25) is 0 Å². The van der Waals surface area contributed by atoms with Crippen molar-refractivity contribution < 1.29 is 34.1 Å². The number of carbonyl (C=O) groups is 4. The summed E-state index contributed by atoms with van der Waals surface area (Å²) < 4.78 is 5.22. The second-order valence-electron chi connectivity index (χ2n) is 9.27. The van der Waals surface area contributed by atoms with E-state index in [1.807, 2.05) is 13.8 Å². The number of aliphatic carboxylic acids is 1. The molecule has 3 heterocycles. The van der Waals surface area contributed by atoms with Crippen molar-refractivity contribution in [2.24, 2.45) is 5.92 Å². The van der Waals surface area contributed by atoms with Crippen LogP contribution in [0.4, 0.5) is 9.93 Å². The summed E-state index contributed by atoms with van der Waals surface area (Å²) in [5, 5.41) is 25.4. The summed E-state index contributed by atoms with van der Waals surface area (Å²) in [5.74, 6) is -2.19. The maximum absolute atomic E-state index is 13.2. The number of aliphatic hydroxyl groups excluding tert-OH is 1. The van der Waals surface area contributed by atoms with Gasteiger partial charge in [0.15, 0.2) is 5.13 Å². The average molecular weight is 525 g/mol. The maximum Gasteiger partial charge on any atom is 0.413 e. The van der Waals surface area contributed by atoms with E-state index in [4.69, 9.17) is 4.74 Å². The van der Waals surface area contributed by atoms with Crippen molar-refractivity contribution in [1.29, 1.82) is 0 Å². The Bertz CT molecular complexity index is 1100. The fourth-order valence-corrected chi connectivity index (χ4v) is 5.51. The van der Waals surface area contributed by atoms with Crippen LogP contribution >= 0.6 is 23.1 Å². The zero-order valence-electron chi connectivity index (χ0n) is 19.9. The van der Waals surface area contributed by atoms with Crippen molar-refractivity contribution in [3.8, 4) is 0 Å². The molecule has 190 valence electrons. The molecule has 2 atom stereocenters. The van der Waals surface area contributed by atoms with Gasteiger partial charge in [-0.2, -0.15) is 0 Å². The lowest BCUT2D eigenvalue weighted by atomic mass is 10.0. The Morgan fingerprint density at radius 2 is 2.03 bits per heavy atom. The van der Waals surface area contributed by atoms with Gasteiger partial charge in [-0.1, -0.05) is 19.9 Å². The predicted octanol–water partition coefficient (Wildman–Crippen LogP) is 2.26. The Balaban J connectivity index is 1.76. The normalized spacial score (nSPS) is 20.4. The number of allylic oxidation sites excluding steroid dienone is 1. The number of amides is 3. The summed E-state index contributed by atoms with van der Waals surface area (Å²) >= 11 is 2.39. The first-order valence-corrected chi connectivity index (χ1v) is 12.7. The van der Waals surface area contributed by atoms with Crippen molar-refractivity contribution in [2.45, 2.75) is 51.6 Å². The van der Waals surface area contributed by atoms with Crippen molar-refractivity contribution >= 4 is 57.7 Å². The van der Waals surface area contributed by atoms with Gasteiger partial charge < -0.3 is 20.3 Å². The van der Waals surface area contributed by atoms with Crippen LogP contribution < -0.4 is 10.6 Å². The van der Waals surface area contributed by atoms with E-state index >= 15 is 0 Å². The van der Waals surface area contributed by atoms with Gasteiger partial charge in [0, 0.05) is 11.1 Å². The summed E-state index contributed by atoms with van der Waals surface area (Å²) in [4.78, 5) is 55.0. The summed E-state index contributed by atoms with van der Waals surface area (Å²) in [6, 6.07) is -0.921. The van der Waals surface area contributed by atoms with Crippen LogP contribution in [0.3, 0.4) is 0 Å². The summed E-state index contributed by atoms with van der Waals surface area (Å²) in [5.41, 5.74) is -0.112. The minimum atomic E-state index is -1.30. The Hall–Kier alpha value is -2.90. The number of anilines is 1. The molecule has 35 heavy (non-hydrogen) atoms. The van der Waals surface area contributed by atoms with Gasteiger partial charge in [0.1, 0.15) is 22.7 Å². The number of β-lactam (4-membered cyclic amide) rings is 1. The molecule has 4 N–H and O–H groups in total. The molecule has 1 aromatic heterocycles. The number of aromatic nitrogens is 1. The van der Waals surface area contributed by atoms with Gasteiger partial charge in [-0.3, -0.25) is 19.8 Å². The quantitative estimate of drug-likeness (QED) is 0.310. The lowest BCUT2D eigenvalue weighted by Gasteiger charge is -2.49. The summed E-state index contributed by atoms with van der Waals surface area (Å²) in [6.07, 6.45) is 1.03. The third-order valence-corrected chi connectivity index (χ3v) is 6.96. The van der Waals surface area contributed by atoms with E-state index in [-0.39, 0.29) is 33.6 Å². The minimum absolute atomic E-state index is 0.0222. The zero-order valence-corrected chi connectivity index (χ0v) is 21.6. The first-order valence-electron chi connectivity index (χ1n) is 10.8. The maximum atomic E-state index is 13.2. The topological polar surface area (TPSA) is 158 Å². The van der Waals surface area contributed by atoms with Crippen LogP contribution in [0.5, 0.6) is 0 Å². The molecule has 1 saturated heterocycles. The number of carboxylic acid groups (broad SMARTS) is 1. The number of hydrogen-bond acceptors (Lipinski definition) is 9. The van der Waals surface area contributed by atoms with Crippen LogP contribution in [0, 0.1) is 5.92 Å². The monoisotopic (exact) mass is 524 g/mol. The SMILES string of the molecule is CC(C)C=C(C(=O)N[C@@H]1C(=O)N2C(C(=O)O)=C(CO)CS[C@@H]12)c1csc(NC(=O)OC(C)(C)C)n1. The molecular formula is C22H28N4O7S2. The zero-order chi connectivity index (χ0) is 26.1. The highest BCUT2D eigenvalue weighted by Crippen LogP contribution is 2.40. The number of thiazole rings is 1. The van der Waals surface area contributed by atoms with E-state index in [0.29, 0.717) is 5.69 Å². The Kier molecular flexibility index (Phi) is 7.92. The Morgan fingerprint density at radius 3 is 2.60 bits per heavy atom. The van der Waals surface area contributed by atoms with Crippen LogP contribution in [0.25, 0.3) is 5.57 Å². The molecule has 0 aromatic carbocycles. The molecule has 13 heteroatoms. The van der Waals surface area contributed by atoms with Crippen LogP contribution in [-0.2, 0) is 19.1 Å². The van der Waals surface area contributed by atoms with Crippen molar-refractivity contribution in [2.75, 3.05) is 17.7 Å². The number of fused-ring (bicyclic) bond motifs is 1. The van der Waals surface area contributed by atoms with Crippen molar-refractivity contribution in [3.63, 3.8) is 0 Å². The van der Waals surface area contributed by atoms with Crippen molar-refractivity contribution in [1.82, 2.24) is 15.2 Å². The molecule has 0 radical (unpaired) electrons. The van der Waals surface area contributed by atoms with Crippen LogP contribution in [0.15, 0.2) is 22.7 Å². The number of nitrogens with one attached hydrogen (secondary N) is 2. The number of aliphatic hydroxyl groups is 1. The van der Waals surface area contributed by atoms with E-state index < -0.39 is 47.5 Å². The molecule has 0 spiro atoms. The molecule has 0 aliphatic carbocycles. The van der Waals surface area contributed by atoms with Gasteiger partial charge in [-0.25, -0.2) is 14.6 Å². The Morgan fingerprint density at radius 1 is 1.34 bits per heavy atom. The molecule has 0 unspecified atom stereocenters. The molecule has 0 bridgehead atoms. The van der Waals surface area contributed by atoms with Gasteiger partial charge in [0.25, 0.3) is 11.8 Å². The minimum Gasteiger partial charge on any atom is -0.477 e. The van der Waals surface area contributed by atoms with Gasteiger partial charge >= 0.3 is 12.1 Å². The summed E-state index contributed by atoms with van der Waals surface area (Å²) in [6.45, 7) is 8.51. The lowest BCUT2D eigenvalue weighted by Crippen LogP contribution is -2.70. The number of nitrogens with zero attached hydrogens (tertiary/aromatic N) is 2. The van der Waals surface area contributed by atoms with Gasteiger partial charge in [-0.15, -0.1) is 23.1 Å². The lowest BCUT2D eigenvalue weighted by molar-refractivity contribution is -0.150. The fourth-order valence-electron chi connectivity index (χ4n) is 3.48. The number of ether oxygens (including phenoxy) is 1. The number of rotatable bonds is 7. The molecule has 0 saturated carbocycles. The summed E-state index contributed by atoms with van der Waals surface area (Å²) in [7, 11) is 0. The van der Waals surface area contributed by atoms with Crippen LogP contribution in [0.1, 0.15) is 40.3 Å². The highest BCUT2D eigenvalue weighted by Gasteiger charge is 2.54. The first kappa shape index (κ1) is 26.7. The highest BCUT2D eigenvalue weighted by atomic mass is 32.2. The smallest absolute Gasteiger partial charge is 0.413 e. The molecule has 11 nitrogen and oxygen atoms in total. The molecule has 2 aliphatic heterocycles.